The minimum absolute atomic E-state index is 0.113. The third-order valence-corrected chi connectivity index (χ3v) is 6.79. The molecular formula is C24H20F3N7O. The van der Waals surface area contributed by atoms with Crippen molar-refractivity contribution in [2.75, 3.05) is 0 Å². The summed E-state index contributed by atoms with van der Waals surface area (Å²) in [5.41, 5.74) is 3.29. The number of halogens is 3. The van der Waals surface area contributed by atoms with Gasteiger partial charge < -0.3 is 4.90 Å². The number of rotatable bonds is 3. The summed E-state index contributed by atoms with van der Waals surface area (Å²) < 4.78 is 43.1. The third-order valence-electron chi connectivity index (χ3n) is 6.79. The summed E-state index contributed by atoms with van der Waals surface area (Å²) in [5.74, 6) is -4.17. The van der Waals surface area contributed by atoms with E-state index in [2.05, 4.69) is 20.3 Å². The van der Waals surface area contributed by atoms with Crippen LogP contribution in [0.4, 0.5) is 13.2 Å². The van der Waals surface area contributed by atoms with Crippen LogP contribution in [0, 0.1) is 17.5 Å². The maximum Gasteiger partial charge on any atom is 0.256 e. The second kappa shape index (κ2) is 8.03. The first-order valence-corrected chi connectivity index (χ1v) is 11.3. The number of benzene rings is 1. The summed E-state index contributed by atoms with van der Waals surface area (Å²) >= 11 is 0. The van der Waals surface area contributed by atoms with E-state index in [-0.39, 0.29) is 23.6 Å². The Bertz CT molecular complexity index is 1430. The molecule has 3 aromatic heterocycles. The number of aromatic nitrogens is 6. The first-order valence-electron chi connectivity index (χ1n) is 11.3. The van der Waals surface area contributed by atoms with Crippen molar-refractivity contribution < 1.29 is 18.0 Å². The van der Waals surface area contributed by atoms with Crippen molar-refractivity contribution in [1.29, 1.82) is 0 Å². The van der Waals surface area contributed by atoms with Crippen LogP contribution in [0.1, 0.15) is 46.9 Å². The van der Waals surface area contributed by atoms with Crippen molar-refractivity contribution in [2.24, 2.45) is 7.05 Å². The quantitative estimate of drug-likeness (QED) is 0.418. The van der Waals surface area contributed by atoms with Crippen LogP contribution in [0.2, 0.25) is 0 Å². The smallest absolute Gasteiger partial charge is 0.256 e. The molecule has 0 N–H and O–H groups in total. The van der Waals surface area contributed by atoms with Gasteiger partial charge in [0.1, 0.15) is 5.69 Å². The summed E-state index contributed by atoms with van der Waals surface area (Å²) in [5, 5.41) is 12.9. The van der Waals surface area contributed by atoms with Crippen LogP contribution in [0.25, 0.3) is 16.9 Å². The molecule has 1 aromatic carbocycles. The van der Waals surface area contributed by atoms with E-state index in [9.17, 15) is 18.0 Å². The van der Waals surface area contributed by atoms with Crippen LogP contribution in [-0.2, 0) is 13.5 Å². The predicted octanol–water partition coefficient (Wildman–Crippen LogP) is 3.77. The Labute approximate surface area is 198 Å². The number of hydrogen-bond donors (Lipinski definition) is 0. The van der Waals surface area contributed by atoms with Gasteiger partial charge in [-0.2, -0.15) is 20.1 Å². The van der Waals surface area contributed by atoms with Gasteiger partial charge in [-0.15, -0.1) is 0 Å². The molecule has 5 heterocycles. The molecule has 2 bridgehead atoms. The fourth-order valence-corrected chi connectivity index (χ4v) is 5.35. The van der Waals surface area contributed by atoms with Crippen LogP contribution < -0.4 is 0 Å². The third kappa shape index (κ3) is 3.41. The van der Waals surface area contributed by atoms with Gasteiger partial charge in [-0.3, -0.25) is 14.5 Å². The highest BCUT2D eigenvalue weighted by molar-refractivity contribution is 5.95. The van der Waals surface area contributed by atoms with E-state index >= 15 is 0 Å². The Morgan fingerprint density at radius 3 is 2.51 bits per heavy atom. The van der Waals surface area contributed by atoms with E-state index in [1.54, 1.807) is 36.4 Å². The molecule has 1 amide bonds. The molecule has 2 atom stereocenters. The van der Waals surface area contributed by atoms with Gasteiger partial charge in [-0.25, -0.2) is 13.2 Å². The highest BCUT2D eigenvalue weighted by Gasteiger charge is 2.43. The zero-order valence-electron chi connectivity index (χ0n) is 18.7. The Morgan fingerprint density at radius 1 is 1.03 bits per heavy atom. The predicted molar refractivity (Wildman–Crippen MR) is 118 cm³/mol. The van der Waals surface area contributed by atoms with Crippen LogP contribution in [0.15, 0.2) is 43.0 Å². The standard InChI is InChI=1S/C24H20F3N7O/c1-32-23(13-8-18(25)21(27)19(26)9-13)17-10-15-3-2-4-20(22(17)31-32)33(15)24(35)14-7-16(12-28-11-14)34-29-5-6-30-34/h5-9,11-12,15,20H,2-4,10H2,1H3. The lowest BCUT2D eigenvalue weighted by Gasteiger charge is -2.45. The minimum atomic E-state index is -1.50. The van der Waals surface area contributed by atoms with Crippen molar-refractivity contribution in [3.63, 3.8) is 0 Å². The number of hydrogen-bond acceptors (Lipinski definition) is 5. The van der Waals surface area contributed by atoms with Gasteiger partial charge in [0, 0.05) is 30.4 Å². The molecule has 6 rings (SSSR count). The van der Waals surface area contributed by atoms with E-state index in [4.69, 9.17) is 0 Å². The summed E-state index contributed by atoms with van der Waals surface area (Å²) in [6.45, 7) is 0. The lowest BCUT2D eigenvalue weighted by Crippen LogP contribution is -2.49. The summed E-state index contributed by atoms with van der Waals surface area (Å²) in [6, 6.07) is 3.28. The van der Waals surface area contributed by atoms with Gasteiger partial charge in [-0.1, -0.05) is 0 Å². The lowest BCUT2D eigenvalue weighted by atomic mass is 9.81. The normalized spacial score (nSPS) is 19.0. The van der Waals surface area contributed by atoms with Crippen LogP contribution in [0.5, 0.6) is 0 Å². The number of fused-ring (bicyclic) bond motifs is 4. The van der Waals surface area contributed by atoms with Gasteiger partial charge in [0.25, 0.3) is 5.91 Å². The first kappa shape index (κ1) is 21.5. The molecule has 8 nitrogen and oxygen atoms in total. The van der Waals surface area contributed by atoms with Gasteiger partial charge >= 0.3 is 0 Å². The molecule has 2 aliphatic rings. The summed E-state index contributed by atoms with van der Waals surface area (Å²) in [4.78, 5) is 21.1. The SMILES string of the molecule is Cn1nc2c(c1-c1cc(F)c(F)c(F)c1)CC1CCCC2N1C(=O)c1cncc(-n2nccn2)c1. The van der Waals surface area contributed by atoms with Gasteiger partial charge in [0.15, 0.2) is 17.5 Å². The van der Waals surface area contributed by atoms with E-state index < -0.39 is 17.5 Å². The Balaban J connectivity index is 1.40. The molecule has 0 aliphatic carbocycles. The number of amides is 1. The molecule has 0 saturated carbocycles. The van der Waals surface area contributed by atoms with Crippen molar-refractivity contribution in [3.8, 4) is 16.9 Å². The average molecular weight is 479 g/mol. The molecule has 1 fully saturated rings. The number of carbonyl (C=O) groups excluding carboxylic acids is 1. The fraction of sp³-hybridized carbons (Fsp3) is 0.292. The van der Waals surface area contributed by atoms with Crippen LogP contribution in [-0.4, -0.2) is 46.6 Å². The molecule has 0 radical (unpaired) electrons. The largest absolute Gasteiger partial charge is 0.327 e. The Morgan fingerprint density at radius 2 is 1.77 bits per heavy atom. The van der Waals surface area contributed by atoms with Gasteiger partial charge in [0.2, 0.25) is 0 Å². The summed E-state index contributed by atoms with van der Waals surface area (Å²) in [7, 11) is 1.69. The molecule has 2 unspecified atom stereocenters. The number of aryl methyl sites for hydroxylation is 1. The van der Waals surface area contributed by atoms with Crippen molar-refractivity contribution in [1.82, 2.24) is 34.7 Å². The zero-order chi connectivity index (χ0) is 24.3. The summed E-state index contributed by atoms with van der Waals surface area (Å²) in [6.07, 6.45) is 9.11. The maximum absolute atomic E-state index is 14.0. The van der Waals surface area contributed by atoms with E-state index in [0.29, 0.717) is 35.5 Å². The monoisotopic (exact) mass is 479 g/mol. The first-order chi connectivity index (χ1) is 16.9. The van der Waals surface area contributed by atoms with Gasteiger partial charge in [-0.05, 0) is 43.9 Å². The molecule has 0 spiro atoms. The number of pyridine rings is 1. The molecule has 2 aliphatic heterocycles. The number of piperidine rings is 1. The Kier molecular flexibility index (Phi) is 4.94. The van der Waals surface area contributed by atoms with Gasteiger partial charge in [0.05, 0.1) is 41.6 Å². The van der Waals surface area contributed by atoms with Crippen LogP contribution >= 0.6 is 0 Å². The lowest BCUT2D eigenvalue weighted by molar-refractivity contribution is 0.0391. The zero-order valence-corrected chi connectivity index (χ0v) is 18.7. The number of carbonyl (C=O) groups is 1. The highest BCUT2D eigenvalue weighted by Crippen LogP contribution is 2.45. The van der Waals surface area contributed by atoms with E-state index in [1.807, 2.05) is 4.90 Å². The van der Waals surface area contributed by atoms with Crippen LogP contribution in [0.3, 0.4) is 0 Å². The molecule has 11 heteroatoms. The highest BCUT2D eigenvalue weighted by atomic mass is 19.2. The van der Waals surface area contributed by atoms with E-state index in [0.717, 1.165) is 30.5 Å². The van der Waals surface area contributed by atoms with Crippen molar-refractivity contribution in [3.05, 3.63) is 77.3 Å². The minimum Gasteiger partial charge on any atom is -0.327 e. The molecule has 178 valence electrons. The Hall–Kier alpha value is -4.02. The fourth-order valence-electron chi connectivity index (χ4n) is 5.35. The molecule has 4 aromatic rings. The van der Waals surface area contributed by atoms with Crippen molar-refractivity contribution in [2.45, 2.75) is 37.8 Å². The molecule has 35 heavy (non-hydrogen) atoms. The average Bonchev–Trinajstić information content (AvgIpc) is 3.50. The second-order valence-corrected chi connectivity index (χ2v) is 8.86. The topological polar surface area (TPSA) is 81.7 Å². The van der Waals surface area contributed by atoms with Crippen molar-refractivity contribution >= 4 is 5.91 Å². The number of nitrogens with zero attached hydrogens (tertiary/aromatic N) is 7. The second-order valence-electron chi connectivity index (χ2n) is 8.86. The van der Waals surface area contributed by atoms with E-state index in [1.165, 1.54) is 11.0 Å². The maximum atomic E-state index is 14.0. The molecule has 1 saturated heterocycles. The molecular weight excluding hydrogens is 459 g/mol.